The number of alkyl halides is 1. The van der Waals surface area contributed by atoms with Gasteiger partial charge in [0.25, 0.3) is 10.1 Å². The second-order valence-electron chi connectivity index (χ2n) is 3.42. The van der Waals surface area contributed by atoms with Crippen LogP contribution in [0, 0.1) is 0 Å². The predicted molar refractivity (Wildman–Crippen MR) is 61.2 cm³/mol. The highest BCUT2D eigenvalue weighted by Gasteiger charge is 2.19. The molecule has 0 aliphatic carbocycles. The summed E-state index contributed by atoms with van der Waals surface area (Å²) < 4.78 is 39.9. The second kappa shape index (κ2) is 10.4. The van der Waals surface area contributed by atoms with Crippen LogP contribution in [0.4, 0.5) is 4.39 Å². The molecule has 0 aliphatic rings. The molecule has 0 spiro atoms. The topological polar surface area (TPSA) is 54.4 Å². The maximum Gasteiger partial charge on any atom is 0.297 e. The SMILES string of the molecule is CCCC(F)S(=O)(=O)O.CCCCCC. The third kappa shape index (κ3) is 13.8. The van der Waals surface area contributed by atoms with Crippen LogP contribution in [0.2, 0.25) is 0 Å². The summed E-state index contributed by atoms with van der Waals surface area (Å²) in [5.74, 6) is 0. The van der Waals surface area contributed by atoms with Crippen molar-refractivity contribution in [3.8, 4) is 0 Å². The van der Waals surface area contributed by atoms with E-state index in [-0.39, 0.29) is 6.42 Å². The van der Waals surface area contributed by atoms with Crippen LogP contribution >= 0.6 is 0 Å². The van der Waals surface area contributed by atoms with E-state index in [0.29, 0.717) is 6.42 Å². The normalized spacial score (nSPS) is 12.9. The second-order valence-corrected chi connectivity index (χ2v) is 4.96. The number of hydrogen-bond donors (Lipinski definition) is 1. The zero-order valence-corrected chi connectivity index (χ0v) is 10.7. The molecule has 0 aromatic carbocycles. The van der Waals surface area contributed by atoms with Crippen molar-refractivity contribution in [2.24, 2.45) is 0 Å². The Balaban J connectivity index is 0. The minimum Gasteiger partial charge on any atom is -0.283 e. The molecule has 5 heteroatoms. The lowest BCUT2D eigenvalue weighted by Gasteiger charge is -1.99. The van der Waals surface area contributed by atoms with Crippen LogP contribution in [0.3, 0.4) is 0 Å². The Hall–Kier alpha value is -0.160. The summed E-state index contributed by atoms with van der Waals surface area (Å²) in [4.78, 5) is 0. The Kier molecular flexibility index (Phi) is 11.9. The molecule has 94 valence electrons. The van der Waals surface area contributed by atoms with E-state index in [1.807, 2.05) is 0 Å². The van der Waals surface area contributed by atoms with Gasteiger partial charge in [-0.25, -0.2) is 4.39 Å². The van der Waals surface area contributed by atoms with Gasteiger partial charge in [-0.2, -0.15) is 8.42 Å². The average Bonchev–Trinajstić information content (AvgIpc) is 2.15. The van der Waals surface area contributed by atoms with E-state index < -0.39 is 15.6 Å². The van der Waals surface area contributed by atoms with Crippen molar-refractivity contribution in [3.05, 3.63) is 0 Å². The lowest BCUT2D eigenvalue weighted by atomic mass is 10.2. The van der Waals surface area contributed by atoms with E-state index in [4.69, 9.17) is 4.55 Å². The molecule has 0 heterocycles. The van der Waals surface area contributed by atoms with Gasteiger partial charge in [-0.15, -0.1) is 0 Å². The summed E-state index contributed by atoms with van der Waals surface area (Å²) in [7, 11) is -4.43. The monoisotopic (exact) mass is 242 g/mol. The molecular weight excluding hydrogens is 219 g/mol. The molecule has 1 atom stereocenters. The molecule has 0 saturated carbocycles. The van der Waals surface area contributed by atoms with Crippen molar-refractivity contribution < 1.29 is 17.4 Å². The van der Waals surface area contributed by atoms with E-state index in [2.05, 4.69) is 13.8 Å². The van der Waals surface area contributed by atoms with Gasteiger partial charge < -0.3 is 0 Å². The molecule has 1 N–H and O–H groups in total. The summed E-state index contributed by atoms with van der Waals surface area (Å²) in [5.41, 5.74) is -2.11. The highest BCUT2D eigenvalue weighted by molar-refractivity contribution is 7.86. The van der Waals surface area contributed by atoms with E-state index in [1.165, 1.54) is 25.7 Å². The fourth-order valence-corrected chi connectivity index (χ4v) is 1.41. The fraction of sp³-hybridized carbons (Fsp3) is 1.00. The Morgan fingerprint density at radius 3 is 1.60 bits per heavy atom. The molecule has 0 bridgehead atoms. The van der Waals surface area contributed by atoms with Crippen LogP contribution in [0.1, 0.15) is 59.3 Å². The minimum atomic E-state index is -4.43. The summed E-state index contributed by atoms with van der Waals surface area (Å²) >= 11 is 0. The molecule has 0 rings (SSSR count). The van der Waals surface area contributed by atoms with Crippen molar-refractivity contribution in [1.82, 2.24) is 0 Å². The third-order valence-corrected chi connectivity index (χ3v) is 2.68. The van der Waals surface area contributed by atoms with Gasteiger partial charge in [0.1, 0.15) is 0 Å². The smallest absolute Gasteiger partial charge is 0.283 e. The van der Waals surface area contributed by atoms with Crippen LogP contribution in [-0.4, -0.2) is 18.5 Å². The van der Waals surface area contributed by atoms with Gasteiger partial charge in [0.15, 0.2) is 0 Å². The molecule has 15 heavy (non-hydrogen) atoms. The van der Waals surface area contributed by atoms with Gasteiger partial charge in [0.05, 0.1) is 0 Å². The zero-order chi connectivity index (χ0) is 12.3. The Labute approximate surface area is 92.8 Å². The molecule has 0 radical (unpaired) electrons. The van der Waals surface area contributed by atoms with Gasteiger partial charge in [0.2, 0.25) is 5.50 Å². The van der Waals surface area contributed by atoms with Gasteiger partial charge in [-0.05, 0) is 6.42 Å². The lowest BCUT2D eigenvalue weighted by molar-refractivity contribution is 0.357. The first-order valence-electron chi connectivity index (χ1n) is 5.50. The maximum absolute atomic E-state index is 12.1. The van der Waals surface area contributed by atoms with Crippen LogP contribution in [0.5, 0.6) is 0 Å². The fourth-order valence-electron chi connectivity index (χ4n) is 0.876. The van der Waals surface area contributed by atoms with E-state index >= 15 is 0 Å². The number of rotatable bonds is 6. The Morgan fingerprint density at radius 2 is 1.47 bits per heavy atom. The quantitative estimate of drug-likeness (QED) is 0.572. The molecule has 1 unspecified atom stereocenters. The molecule has 0 amide bonds. The first kappa shape index (κ1) is 17.2. The first-order valence-corrected chi connectivity index (χ1v) is 7.00. The van der Waals surface area contributed by atoms with Crippen LogP contribution in [-0.2, 0) is 10.1 Å². The first-order chi connectivity index (χ1) is 6.90. The Morgan fingerprint density at radius 1 is 1.07 bits per heavy atom. The minimum absolute atomic E-state index is 0.140. The van der Waals surface area contributed by atoms with Crippen molar-refractivity contribution in [3.63, 3.8) is 0 Å². The maximum atomic E-state index is 12.1. The molecule has 0 aromatic rings. The summed E-state index contributed by atoms with van der Waals surface area (Å²) in [6.07, 6.45) is 5.80. The standard InChI is InChI=1S/C6H14.C4H9FO3S/c1-3-5-6-4-2;1-2-3-4(5)9(6,7)8/h3-6H2,1-2H3;4H,2-3H2,1H3,(H,6,7,8). The van der Waals surface area contributed by atoms with Gasteiger partial charge in [-0.1, -0.05) is 52.9 Å². The van der Waals surface area contributed by atoms with E-state index in [1.54, 1.807) is 6.92 Å². The van der Waals surface area contributed by atoms with Crippen molar-refractivity contribution in [2.75, 3.05) is 0 Å². The van der Waals surface area contributed by atoms with E-state index in [0.717, 1.165) is 0 Å². The molecule has 0 aromatic heterocycles. The average molecular weight is 242 g/mol. The lowest BCUT2D eigenvalue weighted by Crippen LogP contribution is -2.13. The third-order valence-electron chi connectivity index (χ3n) is 1.80. The van der Waals surface area contributed by atoms with Gasteiger partial charge in [0, 0.05) is 0 Å². The molecule has 3 nitrogen and oxygen atoms in total. The molecule has 0 fully saturated rings. The zero-order valence-electron chi connectivity index (χ0n) is 9.87. The molecule has 0 aliphatic heterocycles. The van der Waals surface area contributed by atoms with Crippen molar-refractivity contribution >= 4 is 10.1 Å². The highest BCUT2D eigenvalue weighted by Crippen LogP contribution is 2.06. The van der Waals surface area contributed by atoms with E-state index in [9.17, 15) is 12.8 Å². The predicted octanol–water partition coefficient (Wildman–Crippen LogP) is 3.56. The number of halogens is 1. The number of hydrogen-bond acceptors (Lipinski definition) is 2. The molecule has 0 saturated heterocycles. The molecular formula is C10H23FO3S. The highest BCUT2D eigenvalue weighted by atomic mass is 32.2. The van der Waals surface area contributed by atoms with Crippen LogP contribution in [0.25, 0.3) is 0 Å². The van der Waals surface area contributed by atoms with Gasteiger partial charge in [-0.3, -0.25) is 4.55 Å². The largest absolute Gasteiger partial charge is 0.297 e. The summed E-state index contributed by atoms with van der Waals surface area (Å²) in [6, 6.07) is 0. The van der Waals surface area contributed by atoms with Crippen molar-refractivity contribution in [2.45, 2.75) is 64.8 Å². The summed E-state index contributed by atoms with van der Waals surface area (Å²) in [5, 5.41) is 0. The van der Waals surface area contributed by atoms with Crippen LogP contribution < -0.4 is 0 Å². The number of unbranched alkanes of at least 4 members (excludes halogenated alkanes) is 3. The summed E-state index contributed by atoms with van der Waals surface area (Å²) in [6.45, 7) is 6.10. The van der Waals surface area contributed by atoms with Crippen molar-refractivity contribution in [1.29, 1.82) is 0 Å². The Bertz CT molecular complexity index is 211. The van der Waals surface area contributed by atoms with Gasteiger partial charge >= 0.3 is 0 Å². The van der Waals surface area contributed by atoms with Crippen LogP contribution in [0.15, 0.2) is 0 Å².